The molecule has 1 saturated heterocycles. The van der Waals surface area contributed by atoms with Crippen molar-refractivity contribution in [1.82, 2.24) is 10.6 Å². The molecule has 1 aliphatic rings. The standard InChI is InChI=1S/C15H20ClN3O2/c1-10(2)6-17-7-11-3-4-12(16)5-13(11)19-8-14(20)18-15(21)9-19/h3-5,10,17H,6-9H2,1-2H3,(H,18,20,21). The summed E-state index contributed by atoms with van der Waals surface area (Å²) in [5.41, 5.74) is 1.87. The summed E-state index contributed by atoms with van der Waals surface area (Å²) in [5.74, 6) is -0.0114. The number of piperazine rings is 1. The van der Waals surface area contributed by atoms with Gasteiger partial charge in [-0.15, -0.1) is 0 Å². The Morgan fingerprint density at radius 3 is 2.57 bits per heavy atom. The molecule has 114 valence electrons. The lowest BCUT2D eigenvalue weighted by Crippen LogP contribution is -2.51. The van der Waals surface area contributed by atoms with Crippen molar-refractivity contribution in [3.8, 4) is 0 Å². The lowest BCUT2D eigenvalue weighted by Gasteiger charge is -2.29. The smallest absolute Gasteiger partial charge is 0.246 e. The van der Waals surface area contributed by atoms with Crippen molar-refractivity contribution in [2.24, 2.45) is 5.92 Å². The molecular weight excluding hydrogens is 290 g/mol. The predicted molar refractivity (Wildman–Crippen MR) is 83.4 cm³/mol. The molecule has 1 aromatic carbocycles. The Kier molecular flexibility index (Phi) is 5.20. The number of hydrogen-bond acceptors (Lipinski definition) is 4. The molecule has 0 aliphatic carbocycles. The van der Waals surface area contributed by atoms with Crippen molar-refractivity contribution >= 4 is 29.1 Å². The predicted octanol–water partition coefficient (Wildman–Crippen LogP) is 1.55. The van der Waals surface area contributed by atoms with Crippen molar-refractivity contribution in [2.45, 2.75) is 20.4 Å². The van der Waals surface area contributed by atoms with Gasteiger partial charge in [0, 0.05) is 17.3 Å². The van der Waals surface area contributed by atoms with Crippen LogP contribution in [0, 0.1) is 5.92 Å². The number of nitrogens with one attached hydrogen (secondary N) is 2. The molecular formula is C15H20ClN3O2. The molecule has 0 spiro atoms. The van der Waals surface area contributed by atoms with Crippen LogP contribution in [0.1, 0.15) is 19.4 Å². The van der Waals surface area contributed by atoms with E-state index in [2.05, 4.69) is 24.5 Å². The molecule has 1 aliphatic heterocycles. The maximum atomic E-state index is 11.5. The molecule has 5 nitrogen and oxygen atoms in total. The topological polar surface area (TPSA) is 61.4 Å². The van der Waals surface area contributed by atoms with Crippen molar-refractivity contribution in [1.29, 1.82) is 0 Å². The van der Waals surface area contributed by atoms with Crippen molar-refractivity contribution in [3.05, 3.63) is 28.8 Å². The normalized spacial score (nSPS) is 15.5. The number of benzene rings is 1. The van der Waals surface area contributed by atoms with Crippen LogP contribution >= 0.6 is 11.6 Å². The first-order valence-electron chi connectivity index (χ1n) is 7.02. The fourth-order valence-corrected chi connectivity index (χ4v) is 2.45. The third-order valence-corrected chi connectivity index (χ3v) is 3.44. The first-order chi connectivity index (χ1) is 9.95. The minimum absolute atomic E-state index is 0.170. The van der Waals surface area contributed by atoms with Gasteiger partial charge in [0.25, 0.3) is 0 Å². The third-order valence-electron chi connectivity index (χ3n) is 3.20. The maximum Gasteiger partial charge on any atom is 0.246 e. The van der Waals surface area contributed by atoms with Gasteiger partial charge >= 0.3 is 0 Å². The summed E-state index contributed by atoms with van der Waals surface area (Å²) >= 11 is 6.06. The molecule has 21 heavy (non-hydrogen) atoms. The number of halogens is 1. The van der Waals surface area contributed by atoms with E-state index >= 15 is 0 Å². The second-order valence-corrected chi connectivity index (χ2v) is 6.06. The lowest BCUT2D eigenvalue weighted by atomic mass is 10.1. The summed E-state index contributed by atoms with van der Waals surface area (Å²) in [6, 6.07) is 5.56. The Labute approximate surface area is 129 Å². The highest BCUT2D eigenvalue weighted by atomic mass is 35.5. The molecule has 2 rings (SSSR count). The molecule has 1 heterocycles. The largest absolute Gasteiger partial charge is 0.353 e. The van der Waals surface area contributed by atoms with Crippen molar-refractivity contribution < 1.29 is 9.59 Å². The molecule has 0 atom stereocenters. The van der Waals surface area contributed by atoms with E-state index in [1.807, 2.05) is 12.1 Å². The van der Waals surface area contributed by atoms with Crippen LogP contribution in [0.2, 0.25) is 5.02 Å². The number of carbonyl (C=O) groups excluding carboxylic acids is 2. The average molecular weight is 310 g/mol. The van der Waals surface area contributed by atoms with Gasteiger partial charge < -0.3 is 10.2 Å². The Balaban J connectivity index is 2.18. The van der Waals surface area contributed by atoms with Crippen LogP contribution in [0.3, 0.4) is 0 Å². The second-order valence-electron chi connectivity index (χ2n) is 5.63. The summed E-state index contributed by atoms with van der Waals surface area (Å²) in [5, 5.41) is 6.26. The Morgan fingerprint density at radius 2 is 1.95 bits per heavy atom. The van der Waals surface area contributed by atoms with Gasteiger partial charge in [0.2, 0.25) is 11.8 Å². The summed E-state index contributed by atoms with van der Waals surface area (Å²) in [6.07, 6.45) is 0. The fourth-order valence-electron chi connectivity index (χ4n) is 2.28. The summed E-state index contributed by atoms with van der Waals surface area (Å²) in [7, 11) is 0. The molecule has 0 saturated carbocycles. The Hall–Kier alpha value is -1.59. The van der Waals surface area contributed by atoms with Gasteiger partial charge in [-0.3, -0.25) is 14.9 Å². The summed E-state index contributed by atoms with van der Waals surface area (Å²) < 4.78 is 0. The number of carbonyl (C=O) groups is 2. The van der Waals surface area contributed by atoms with E-state index < -0.39 is 0 Å². The minimum Gasteiger partial charge on any atom is -0.353 e. The molecule has 1 aromatic rings. The number of imide groups is 1. The molecule has 0 unspecified atom stereocenters. The summed E-state index contributed by atoms with van der Waals surface area (Å²) in [6.45, 7) is 6.21. The lowest BCUT2D eigenvalue weighted by molar-refractivity contribution is -0.130. The highest BCUT2D eigenvalue weighted by molar-refractivity contribution is 6.30. The first-order valence-corrected chi connectivity index (χ1v) is 7.40. The minimum atomic E-state index is -0.285. The van der Waals surface area contributed by atoms with E-state index in [0.717, 1.165) is 17.8 Å². The molecule has 1 fully saturated rings. The van der Waals surface area contributed by atoms with E-state index in [1.54, 1.807) is 11.0 Å². The van der Waals surface area contributed by atoms with E-state index in [-0.39, 0.29) is 24.9 Å². The number of amides is 2. The van der Waals surface area contributed by atoms with Gasteiger partial charge in [0.05, 0.1) is 13.1 Å². The van der Waals surface area contributed by atoms with Crippen LogP contribution in [-0.2, 0) is 16.1 Å². The van der Waals surface area contributed by atoms with Gasteiger partial charge in [-0.1, -0.05) is 31.5 Å². The fraction of sp³-hybridized carbons (Fsp3) is 0.467. The maximum absolute atomic E-state index is 11.5. The number of nitrogens with zero attached hydrogens (tertiary/aromatic N) is 1. The third kappa shape index (κ3) is 4.44. The van der Waals surface area contributed by atoms with Crippen LogP contribution in [0.5, 0.6) is 0 Å². The van der Waals surface area contributed by atoms with Gasteiger partial charge in [0.1, 0.15) is 0 Å². The number of hydrogen-bond donors (Lipinski definition) is 2. The zero-order valence-electron chi connectivity index (χ0n) is 12.3. The van der Waals surface area contributed by atoms with Crippen molar-refractivity contribution in [3.63, 3.8) is 0 Å². The van der Waals surface area contributed by atoms with Crippen LogP contribution in [-0.4, -0.2) is 31.4 Å². The molecule has 2 amide bonds. The zero-order chi connectivity index (χ0) is 15.4. The molecule has 0 aromatic heterocycles. The second kappa shape index (κ2) is 6.91. The van der Waals surface area contributed by atoms with Gasteiger partial charge in [-0.05, 0) is 30.2 Å². The SMILES string of the molecule is CC(C)CNCc1ccc(Cl)cc1N1CC(=O)NC(=O)C1. The first kappa shape index (κ1) is 15.8. The van der Waals surface area contributed by atoms with Crippen molar-refractivity contribution in [2.75, 3.05) is 24.5 Å². The van der Waals surface area contributed by atoms with E-state index in [4.69, 9.17) is 11.6 Å². The van der Waals surface area contributed by atoms with Crippen LogP contribution in [0.4, 0.5) is 5.69 Å². The van der Waals surface area contributed by atoms with Gasteiger partial charge in [0.15, 0.2) is 0 Å². The van der Waals surface area contributed by atoms with Crippen LogP contribution in [0.25, 0.3) is 0 Å². The quantitative estimate of drug-likeness (QED) is 0.810. The number of anilines is 1. The average Bonchev–Trinajstić information content (AvgIpc) is 2.39. The molecule has 6 heteroatoms. The van der Waals surface area contributed by atoms with E-state index in [1.165, 1.54) is 0 Å². The molecule has 0 bridgehead atoms. The van der Waals surface area contributed by atoms with Gasteiger partial charge in [-0.25, -0.2) is 0 Å². The summed E-state index contributed by atoms with van der Waals surface area (Å²) in [4.78, 5) is 24.8. The highest BCUT2D eigenvalue weighted by Gasteiger charge is 2.24. The van der Waals surface area contributed by atoms with E-state index in [0.29, 0.717) is 17.5 Å². The van der Waals surface area contributed by atoms with Gasteiger partial charge in [-0.2, -0.15) is 0 Å². The highest BCUT2D eigenvalue weighted by Crippen LogP contribution is 2.25. The number of rotatable bonds is 5. The van der Waals surface area contributed by atoms with Crippen LogP contribution in [0.15, 0.2) is 18.2 Å². The Morgan fingerprint density at radius 1 is 1.29 bits per heavy atom. The monoisotopic (exact) mass is 309 g/mol. The molecule has 2 N–H and O–H groups in total. The molecule has 0 radical (unpaired) electrons. The Bertz CT molecular complexity index is 530. The van der Waals surface area contributed by atoms with E-state index in [9.17, 15) is 9.59 Å². The zero-order valence-corrected chi connectivity index (χ0v) is 13.0. The van der Waals surface area contributed by atoms with Crippen LogP contribution < -0.4 is 15.5 Å².